The first-order chi connectivity index (χ1) is 13.9. The molecule has 8 heteroatoms. The van der Waals surface area contributed by atoms with Gasteiger partial charge in [0.25, 0.3) is 0 Å². The molecule has 2 aromatic carbocycles. The van der Waals surface area contributed by atoms with Crippen LogP contribution in [0.25, 0.3) is 0 Å². The van der Waals surface area contributed by atoms with Crippen molar-refractivity contribution in [3.8, 4) is 0 Å². The van der Waals surface area contributed by atoms with Gasteiger partial charge in [0.15, 0.2) is 0 Å². The molecule has 0 aliphatic carbocycles. The van der Waals surface area contributed by atoms with E-state index in [9.17, 15) is 18.0 Å². The number of piperazine rings is 1. The van der Waals surface area contributed by atoms with Gasteiger partial charge in [0, 0.05) is 45.8 Å². The molecule has 2 aromatic rings. The smallest absolute Gasteiger partial charge is 0.337 e. The zero-order valence-corrected chi connectivity index (χ0v) is 16.1. The van der Waals surface area contributed by atoms with Crippen LogP contribution in [-0.4, -0.2) is 55.1 Å². The van der Waals surface area contributed by atoms with Gasteiger partial charge in [-0.15, -0.1) is 0 Å². The molecule has 1 aliphatic rings. The van der Waals surface area contributed by atoms with Crippen molar-refractivity contribution >= 4 is 11.7 Å². The third-order valence-corrected chi connectivity index (χ3v) is 4.91. The predicted octanol–water partition coefficient (Wildman–Crippen LogP) is 3.64. The van der Waals surface area contributed by atoms with E-state index in [1.165, 1.54) is 23.8 Å². The fourth-order valence-electron chi connectivity index (χ4n) is 3.35. The van der Waals surface area contributed by atoms with Crippen molar-refractivity contribution in [2.45, 2.75) is 12.7 Å². The number of nitrogens with one attached hydrogen (secondary N) is 2. The van der Waals surface area contributed by atoms with E-state index in [4.69, 9.17) is 0 Å². The molecular formula is C21H25F3N4O. The molecule has 5 nitrogen and oxygen atoms in total. The number of anilines is 1. The van der Waals surface area contributed by atoms with Crippen molar-refractivity contribution < 1.29 is 18.0 Å². The molecule has 1 heterocycles. The highest BCUT2D eigenvalue weighted by Gasteiger charge is 2.33. The van der Waals surface area contributed by atoms with Crippen LogP contribution in [-0.2, 0) is 12.7 Å². The van der Waals surface area contributed by atoms with Gasteiger partial charge in [-0.1, -0.05) is 42.5 Å². The molecule has 0 spiro atoms. The summed E-state index contributed by atoms with van der Waals surface area (Å²) in [5, 5.41) is 4.93. The fraction of sp³-hybridized carbons (Fsp3) is 0.381. The lowest BCUT2D eigenvalue weighted by molar-refractivity contribution is -0.136. The zero-order chi connectivity index (χ0) is 20.7. The Labute approximate surface area is 168 Å². The quantitative estimate of drug-likeness (QED) is 0.770. The van der Waals surface area contributed by atoms with Crippen molar-refractivity contribution in [1.82, 2.24) is 15.1 Å². The molecule has 2 N–H and O–H groups in total. The highest BCUT2D eigenvalue weighted by molar-refractivity contribution is 5.90. The maximum absolute atomic E-state index is 13.0. The van der Waals surface area contributed by atoms with Crippen LogP contribution in [0, 0.1) is 0 Å². The van der Waals surface area contributed by atoms with E-state index in [-0.39, 0.29) is 5.69 Å². The van der Waals surface area contributed by atoms with Crippen molar-refractivity contribution in [3.63, 3.8) is 0 Å². The SMILES string of the molecule is O=C(NCCN1CCN(Cc2ccccc2)CC1)Nc1ccccc1C(F)(F)F. The number of rotatable bonds is 6. The minimum atomic E-state index is -4.51. The van der Waals surface area contributed by atoms with Gasteiger partial charge in [-0.2, -0.15) is 13.2 Å². The monoisotopic (exact) mass is 406 g/mol. The molecule has 3 rings (SSSR count). The second kappa shape index (κ2) is 9.76. The van der Waals surface area contributed by atoms with Crippen LogP contribution in [0.1, 0.15) is 11.1 Å². The number of carbonyl (C=O) groups excluding carboxylic acids is 1. The Morgan fingerprint density at radius 1 is 0.897 bits per heavy atom. The normalized spacial score (nSPS) is 15.8. The van der Waals surface area contributed by atoms with E-state index < -0.39 is 17.8 Å². The molecule has 1 aliphatic heterocycles. The summed E-state index contributed by atoms with van der Waals surface area (Å²) in [5.74, 6) is 0. The summed E-state index contributed by atoms with van der Waals surface area (Å²) >= 11 is 0. The van der Waals surface area contributed by atoms with E-state index >= 15 is 0 Å². The van der Waals surface area contributed by atoms with Crippen LogP contribution >= 0.6 is 0 Å². The largest absolute Gasteiger partial charge is 0.418 e. The molecule has 0 atom stereocenters. The topological polar surface area (TPSA) is 47.6 Å². The number of alkyl halides is 3. The van der Waals surface area contributed by atoms with Gasteiger partial charge >= 0.3 is 12.2 Å². The number of nitrogens with zero attached hydrogens (tertiary/aromatic N) is 2. The van der Waals surface area contributed by atoms with Crippen LogP contribution < -0.4 is 10.6 Å². The molecule has 29 heavy (non-hydrogen) atoms. The van der Waals surface area contributed by atoms with Gasteiger partial charge in [0.1, 0.15) is 0 Å². The van der Waals surface area contributed by atoms with Crippen LogP contribution in [0.3, 0.4) is 0 Å². The zero-order valence-electron chi connectivity index (χ0n) is 16.1. The summed E-state index contributed by atoms with van der Waals surface area (Å²) in [6.07, 6.45) is -4.51. The van der Waals surface area contributed by atoms with Crippen molar-refractivity contribution in [1.29, 1.82) is 0 Å². The van der Waals surface area contributed by atoms with Gasteiger partial charge < -0.3 is 10.6 Å². The Hall–Kier alpha value is -2.58. The second-order valence-electron chi connectivity index (χ2n) is 7.03. The number of para-hydroxylation sites is 1. The maximum atomic E-state index is 13.0. The number of hydrogen-bond acceptors (Lipinski definition) is 3. The minimum Gasteiger partial charge on any atom is -0.337 e. The van der Waals surface area contributed by atoms with E-state index in [0.717, 1.165) is 38.8 Å². The average molecular weight is 406 g/mol. The molecule has 2 amide bonds. The first kappa shape index (κ1) is 21.1. The summed E-state index contributed by atoms with van der Waals surface area (Å²) in [4.78, 5) is 16.6. The first-order valence-corrected chi connectivity index (χ1v) is 9.61. The van der Waals surface area contributed by atoms with Gasteiger partial charge in [-0.05, 0) is 17.7 Å². The second-order valence-corrected chi connectivity index (χ2v) is 7.03. The number of benzene rings is 2. The molecule has 1 saturated heterocycles. The molecule has 0 radical (unpaired) electrons. The summed E-state index contributed by atoms with van der Waals surface area (Å²) in [6.45, 7) is 5.64. The Kier molecular flexibility index (Phi) is 7.11. The summed E-state index contributed by atoms with van der Waals surface area (Å²) in [5.41, 5.74) is 0.190. The molecule has 0 bridgehead atoms. The number of amides is 2. The highest BCUT2D eigenvalue weighted by Crippen LogP contribution is 2.34. The number of hydrogen-bond donors (Lipinski definition) is 2. The first-order valence-electron chi connectivity index (χ1n) is 9.61. The third kappa shape index (κ3) is 6.47. The molecular weight excluding hydrogens is 381 g/mol. The van der Waals surface area contributed by atoms with Crippen LogP contribution in [0.5, 0.6) is 0 Å². The Bertz CT molecular complexity index is 790. The Morgan fingerprint density at radius 3 is 2.21 bits per heavy atom. The molecule has 0 saturated carbocycles. The van der Waals surface area contributed by atoms with Crippen LogP contribution in [0.2, 0.25) is 0 Å². The lowest BCUT2D eigenvalue weighted by Gasteiger charge is -2.34. The number of carbonyl (C=O) groups is 1. The van der Waals surface area contributed by atoms with Crippen molar-refractivity contribution in [3.05, 3.63) is 65.7 Å². The molecule has 0 unspecified atom stereocenters. The van der Waals surface area contributed by atoms with Crippen LogP contribution in [0.15, 0.2) is 54.6 Å². The fourth-order valence-corrected chi connectivity index (χ4v) is 3.35. The van der Waals surface area contributed by atoms with Gasteiger partial charge in [-0.3, -0.25) is 9.80 Å². The third-order valence-electron chi connectivity index (χ3n) is 4.91. The molecule has 0 aromatic heterocycles. The van der Waals surface area contributed by atoms with E-state index in [2.05, 4.69) is 32.6 Å². The highest BCUT2D eigenvalue weighted by atomic mass is 19.4. The lowest BCUT2D eigenvalue weighted by atomic mass is 10.1. The number of halogens is 3. The Morgan fingerprint density at radius 2 is 1.52 bits per heavy atom. The predicted molar refractivity (Wildman–Crippen MR) is 107 cm³/mol. The van der Waals surface area contributed by atoms with Gasteiger partial charge in [0.2, 0.25) is 0 Å². The number of urea groups is 1. The standard InChI is InChI=1S/C21H25F3N4O/c22-21(23,24)18-8-4-5-9-19(18)26-20(29)25-10-11-27-12-14-28(15-13-27)16-17-6-2-1-3-7-17/h1-9H,10-16H2,(H2,25,26,29). The lowest BCUT2D eigenvalue weighted by Crippen LogP contribution is -2.48. The summed E-state index contributed by atoms with van der Waals surface area (Å²) in [6, 6.07) is 14.6. The minimum absolute atomic E-state index is 0.243. The summed E-state index contributed by atoms with van der Waals surface area (Å²) < 4.78 is 38.9. The van der Waals surface area contributed by atoms with E-state index in [1.54, 1.807) is 0 Å². The van der Waals surface area contributed by atoms with E-state index in [1.807, 2.05) is 18.2 Å². The average Bonchev–Trinajstić information content (AvgIpc) is 2.70. The molecule has 1 fully saturated rings. The Balaban J connectivity index is 1.37. The molecule has 156 valence electrons. The van der Waals surface area contributed by atoms with Gasteiger partial charge in [-0.25, -0.2) is 4.79 Å². The van der Waals surface area contributed by atoms with Gasteiger partial charge in [0.05, 0.1) is 11.3 Å². The van der Waals surface area contributed by atoms with Crippen molar-refractivity contribution in [2.24, 2.45) is 0 Å². The van der Waals surface area contributed by atoms with Crippen LogP contribution in [0.4, 0.5) is 23.7 Å². The van der Waals surface area contributed by atoms with E-state index in [0.29, 0.717) is 13.1 Å². The summed E-state index contributed by atoms with van der Waals surface area (Å²) in [7, 11) is 0. The maximum Gasteiger partial charge on any atom is 0.418 e. The van der Waals surface area contributed by atoms with Crippen molar-refractivity contribution in [2.75, 3.05) is 44.6 Å².